The molecule has 5 atom stereocenters. The molecule has 0 radical (unpaired) electrons. The van der Waals surface area contributed by atoms with Gasteiger partial charge in [0.25, 0.3) is 11.8 Å². The Morgan fingerprint density at radius 1 is 1.23 bits per heavy atom. The number of rotatable bonds is 8. The number of nitrogens with zero attached hydrogens (tertiary/aromatic N) is 2. The number of likely N-dealkylation sites (tertiary alicyclic amines) is 1. The number of nitrogens with one attached hydrogen (secondary N) is 1. The molecule has 1 aliphatic rings. The molecule has 1 aliphatic heterocycles. The maximum Gasteiger partial charge on any atom is 0.255 e. The predicted molar refractivity (Wildman–Crippen MR) is 129 cm³/mol. The van der Waals surface area contributed by atoms with Crippen molar-refractivity contribution in [3.05, 3.63) is 42.1 Å². The molecule has 5 N–H and O–H groups in total. The van der Waals surface area contributed by atoms with Gasteiger partial charge in [-0.2, -0.15) is 0 Å². The Hall–Kier alpha value is -1.69. The number of allylic oxidation sites excluding steroid dienone is 1. The molecular formula is C22H33IN4O4. The minimum atomic E-state index is -1.84. The lowest BCUT2D eigenvalue weighted by atomic mass is 9.96. The predicted octanol–water partition coefficient (Wildman–Crippen LogP) is 2.00. The molecule has 8 nitrogen and oxygen atoms in total. The molecule has 1 fully saturated rings. The van der Waals surface area contributed by atoms with E-state index in [1.807, 2.05) is 44.2 Å². The summed E-state index contributed by atoms with van der Waals surface area (Å²) >= 11 is 2.22. The Bertz CT molecular complexity index is 763. The summed E-state index contributed by atoms with van der Waals surface area (Å²) in [6, 6.07) is 6.79. The molecule has 2 amide bonds. The van der Waals surface area contributed by atoms with Gasteiger partial charge >= 0.3 is 0 Å². The number of amides is 2. The second-order valence-electron chi connectivity index (χ2n) is 8.03. The van der Waals surface area contributed by atoms with Crippen LogP contribution in [0.4, 0.5) is 5.69 Å². The molecule has 1 heterocycles. The number of benzene rings is 1. The fraction of sp³-hybridized carbons (Fsp3) is 0.545. The standard InChI is InChI=1S/C22H33IN4O4/c1-14-6-4-7-15(2)27(14)22(31)20(29)19(28)21(30)25-16(3)17-8-10-18(11-9-17)26(24)13-5-12-23/h5,8-11,13-16,19-20,28-29H,4,6-7,12,24H2,1-3H3,(H,25,30)/b13-5-/t14-,15+,16-,19-,20-/m1/s1. The second-order valence-corrected chi connectivity index (χ2v) is 8.91. The van der Waals surface area contributed by atoms with Crippen molar-refractivity contribution in [1.29, 1.82) is 0 Å². The number of halogens is 1. The van der Waals surface area contributed by atoms with E-state index in [0.29, 0.717) is 0 Å². The SMILES string of the molecule is C[C@@H]1CCC[C@H](C)N1C(=O)[C@H](O)[C@@H](O)C(=O)N[C@H](C)c1ccc(N(N)/C=C\CI)cc1. The third-order valence-corrected chi connectivity index (χ3v) is 6.18. The van der Waals surface area contributed by atoms with Crippen LogP contribution in [0.1, 0.15) is 51.6 Å². The zero-order valence-electron chi connectivity index (χ0n) is 18.2. The van der Waals surface area contributed by atoms with Gasteiger partial charge in [-0.3, -0.25) is 14.6 Å². The first kappa shape index (κ1) is 25.6. The number of piperidine rings is 1. The molecule has 0 spiro atoms. The average molecular weight is 544 g/mol. The molecule has 31 heavy (non-hydrogen) atoms. The fourth-order valence-electron chi connectivity index (χ4n) is 3.84. The molecular weight excluding hydrogens is 511 g/mol. The Morgan fingerprint density at radius 2 is 1.81 bits per heavy atom. The van der Waals surface area contributed by atoms with Crippen molar-refractivity contribution in [1.82, 2.24) is 10.2 Å². The van der Waals surface area contributed by atoms with E-state index in [1.165, 1.54) is 5.01 Å². The van der Waals surface area contributed by atoms with E-state index in [0.717, 1.165) is 34.9 Å². The van der Waals surface area contributed by atoms with Gasteiger partial charge in [0.05, 0.1) is 11.7 Å². The summed E-state index contributed by atoms with van der Waals surface area (Å²) in [5.41, 5.74) is 1.59. The number of aliphatic hydroxyl groups is 2. The monoisotopic (exact) mass is 544 g/mol. The zero-order chi connectivity index (χ0) is 23.1. The number of nitrogens with two attached hydrogens (primary N) is 1. The van der Waals surface area contributed by atoms with Crippen LogP contribution >= 0.6 is 22.6 Å². The molecule has 1 aromatic rings. The molecule has 0 aromatic heterocycles. The van der Waals surface area contributed by atoms with E-state index in [-0.39, 0.29) is 12.1 Å². The van der Waals surface area contributed by atoms with Crippen LogP contribution < -0.4 is 16.2 Å². The Labute approximate surface area is 197 Å². The van der Waals surface area contributed by atoms with Crippen LogP contribution in [-0.4, -0.2) is 55.6 Å². The summed E-state index contributed by atoms with van der Waals surface area (Å²) in [7, 11) is 0. The second kappa shape index (κ2) is 11.8. The highest BCUT2D eigenvalue weighted by Crippen LogP contribution is 2.24. The Kier molecular flexibility index (Phi) is 9.73. The van der Waals surface area contributed by atoms with Gasteiger partial charge in [0.15, 0.2) is 12.2 Å². The van der Waals surface area contributed by atoms with E-state index in [9.17, 15) is 19.8 Å². The van der Waals surface area contributed by atoms with Gasteiger partial charge in [-0.25, -0.2) is 5.84 Å². The summed E-state index contributed by atoms with van der Waals surface area (Å²) in [5, 5.41) is 24.8. The van der Waals surface area contributed by atoms with Crippen molar-refractivity contribution in [3.8, 4) is 0 Å². The van der Waals surface area contributed by atoms with Crippen molar-refractivity contribution in [2.75, 3.05) is 9.44 Å². The van der Waals surface area contributed by atoms with Crippen LogP contribution in [0.3, 0.4) is 0 Å². The molecule has 2 rings (SSSR count). The van der Waals surface area contributed by atoms with Gasteiger partial charge in [-0.1, -0.05) is 40.8 Å². The average Bonchev–Trinajstić information content (AvgIpc) is 2.76. The molecule has 0 aliphatic carbocycles. The third-order valence-electron chi connectivity index (χ3n) is 5.67. The van der Waals surface area contributed by atoms with Crippen LogP contribution in [-0.2, 0) is 9.59 Å². The van der Waals surface area contributed by atoms with E-state index >= 15 is 0 Å². The van der Waals surface area contributed by atoms with Crippen molar-refractivity contribution in [3.63, 3.8) is 0 Å². The highest BCUT2D eigenvalue weighted by molar-refractivity contribution is 14.1. The fourth-order valence-corrected chi connectivity index (χ4v) is 4.07. The maximum absolute atomic E-state index is 12.7. The summed E-state index contributed by atoms with van der Waals surface area (Å²) in [4.78, 5) is 26.8. The summed E-state index contributed by atoms with van der Waals surface area (Å²) in [6.07, 6.45) is 2.75. The molecule has 9 heteroatoms. The van der Waals surface area contributed by atoms with E-state index in [2.05, 4.69) is 27.9 Å². The van der Waals surface area contributed by atoms with Gasteiger partial charge in [-0.05, 0) is 57.7 Å². The largest absolute Gasteiger partial charge is 0.380 e. The smallest absolute Gasteiger partial charge is 0.255 e. The normalized spacial score (nSPS) is 22.1. The zero-order valence-corrected chi connectivity index (χ0v) is 20.4. The number of anilines is 1. The van der Waals surface area contributed by atoms with Crippen LogP contribution in [0.15, 0.2) is 36.5 Å². The lowest BCUT2D eigenvalue weighted by Crippen LogP contribution is -2.56. The summed E-state index contributed by atoms with van der Waals surface area (Å²) in [5.74, 6) is 4.55. The number of alkyl halides is 1. The number of hydrazine groups is 1. The minimum absolute atomic E-state index is 0.0348. The van der Waals surface area contributed by atoms with Crippen molar-refractivity contribution < 1.29 is 19.8 Å². The molecule has 1 saturated heterocycles. The highest BCUT2D eigenvalue weighted by atomic mass is 127. The van der Waals surface area contributed by atoms with Gasteiger partial charge in [0.2, 0.25) is 0 Å². The first-order chi connectivity index (χ1) is 14.7. The molecule has 0 saturated carbocycles. The first-order valence-corrected chi connectivity index (χ1v) is 12.0. The maximum atomic E-state index is 12.7. The number of carbonyl (C=O) groups excluding carboxylic acids is 2. The number of hydrogen-bond donors (Lipinski definition) is 4. The van der Waals surface area contributed by atoms with Crippen LogP contribution in [0.5, 0.6) is 0 Å². The Balaban J connectivity index is 1.98. The topological polar surface area (TPSA) is 119 Å². The van der Waals surface area contributed by atoms with E-state index < -0.39 is 30.1 Å². The highest BCUT2D eigenvalue weighted by Gasteiger charge is 2.38. The quantitative estimate of drug-likeness (QED) is 0.172. The summed E-state index contributed by atoms with van der Waals surface area (Å²) in [6.45, 7) is 5.59. The minimum Gasteiger partial charge on any atom is -0.380 e. The lowest BCUT2D eigenvalue weighted by Gasteiger charge is -2.40. The number of aliphatic hydroxyl groups excluding tert-OH is 2. The number of carbonyl (C=O) groups is 2. The van der Waals surface area contributed by atoms with Gasteiger partial charge < -0.3 is 20.4 Å². The Morgan fingerprint density at radius 3 is 2.35 bits per heavy atom. The molecule has 0 bridgehead atoms. The molecule has 172 valence electrons. The lowest BCUT2D eigenvalue weighted by molar-refractivity contribution is -0.158. The number of hydrogen-bond acceptors (Lipinski definition) is 6. The van der Waals surface area contributed by atoms with Gasteiger partial charge in [0.1, 0.15) is 0 Å². The van der Waals surface area contributed by atoms with Crippen LogP contribution in [0.2, 0.25) is 0 Å². The van der Waals surface area contributed by atoms with Crippen LogP contribution in [0.25, 0.3) is 0 Å². The van der Waals surface area contributed by atoms with Crippen molar-refractivity contribution in [2.24, 2.45) is 5.84 Å². The summed E-state index contributed by atoms with van der Waals surface area (Å²) < 4.78 is 0.846. The van der Waals surface area contributed by atoms with Gasteiger partial charge in [0, 0.05) is 22.7 Å². The van der Waals surface area contributed by atoms with Crippen molar-refractivity contribution in [2.45, 2.75) is 70.4 Å². The van der Waals surface area contributed by atoms with E-state index in [1.54, 1.807) is 18.0 Å². The van der Waals surface area contributed by atoms with Crippen LogP contribution in [0, 0.1) is 0 Å². The van der Waals surface area contributed by atoms with Gasteiger partial charge in [-0.15, -0.1) is 0 Å². The molecule has 1 aromatic carbocycles. The molecule has 0 unspecified atom stereocenters. The first-order valence-electron chi connectivity index (χ1n) is 10.5. The third kappa shape index (κ3) is 6.64. The van der Waals surface area contributed by atoms with E-state index in [4.69, 9.17) is 5.84 Å². The van der Waals surface area contributed by atoms with Crippen molar-refractivity contribution >= 4 is 40.1 Å².